The van der Waals surface area contributed by atoms with Gasteiger partial charge in [0, 0.05) is 30.8 Å². The molecule has 3 N–H and O–H groups in total. The standard InChI is InChI=1S/C20H27N3O3S/c1-2-14-5-6-18-15(10-14)11-16(19(25)22-18)13-23(7-8-24)20(27)21-12-17-4-3-9-26-17/h5-6,10-11,17,24H,2-4,7-9,12-13H2,1H3,(H,21,27)(H,22,25)/t17-/m0/s1. The molecule has 1 aliphatic rings. The maximum atomic E-state index is 12.5. The summed E-state index contributed by atoms with van der Waals surface area (Å²) in [5, 5.41) is 14.2. The summed E-state index contributed by atoms with van der Waals surface area (Å²) in [6.45, 7) is 4.23. The van der Waals surface area contributed by atoms with Gasteiger partial charge in [-0.3, -0.25) is 4.79 Å². The largest absolute Gasteiger partial charge is 0.395 e. The molecule has 1 fully saturated rings. The van der Waals surface area contributed by atoms with E-state index >= 15 is 0 Å². The van der Waals surface area contributed by atoms with E-state index in [2.05, 4.69) is 23.3 Å². The summed E-state index contributed by atoms with van der Waals surface area (Å²) >= 11 is 5.49. The van der Waals surface area contributed by atoms with Crippen LogP contribution in [-0.4, -0.2) is 52.5 Å². The molecular formula is C20H27N3O3S. The van der Waals surface area contributed by atoms with Gasteiger partial charge in [0.25, 0.3) is 5.56 Å². The molecule has 1 atom stereocenters. The van der Waals surface area contributed by atoms with E-state index in [1.165, 1.54) is 5.56 Å². The van der Waals surface area contributed by atoms with Gasteiger partial charge in [-0.2, -0.15) is 0 Å². The number of hydrogen-bond acceptors (Lipinski definition) is 4. The van der Waals surface area contributed by atoms with Gasteiger partial charge in [0.15, 0.2) is 5.11 Å². The Morgan fingerprint density at radius 2 is 2.30 bits per heavy atom. The minimum Gasteiger partial charge on any atom is -0.395 e. The zero-order valence-electron chi connectivity index (χ0n) is 15.7. The number of benzene rings is 1. The van der Waals surface area contributed by atoms with E-state index in [0.29, 0.717) is 30.3 Å². The molecule has 27 heavy (non-hydrogen) atoms. The van der Waals surface area contributed by atoms with Crippen LogP contribution in [0.25, 0.3) is 10.9 Å². The molecule has 1 aromatic heterocycles. The number of fused-ring (bicyclic) bond motifs is 1. The molecule has 1 aliphatic heterocycles. The van der Waals surface area contributed by atoms with E-state index in [1.807, 2.05) is 23.1 Å². The number of aromatic amines is 1. The van der Waals surface area contributed by atoms with Crippen molar-refractivity contribution in [3.8, 4) is 0 Å². The average Bonchev–Trinajstić information content (AvgIpc) is 3.19. The summed E-state index contributed by atoms with van der Waals surface area (Å²) in [6, 6.07) is 7.98. The molecule has 6 nitrogen and oxygen atoms in total. The lowest BCUT2D eigenvalue weighted by Crippen LogP contribution is -2.44. The van der Waals surface area contributed by atoms with E-state index in [1.54, 1.807) is 0 Å². The van der Waals surface area contributed by atoms with E-state index in [4.69, 9.17) is 17.0 Å². The second-order valence-corrected chi connectivity index (χ2v) is 7.25. The average molecular weight is 390 g/mol. The van der Waals surface area contributed by atoms with Crippen molar-refractivity contribution in [3.05, 3.63) is 45.7 Å². The zero-order valence-corrected chi connectivity index (χ0v) is 16.5. The Balaban J connectivity index is 1.75. The van der Waals surface area contributed by atoms with Crippen LogP contribution in [-0.2, 0) is 17.7 Å². The van der Waals surface area contributed by atoms with Crippen molar-refractivity contribution in [1.29, 1.82) is 0 Å². The van der Waals surface area contributed by atoms with Crippen LogP contribution in [0, 0.1) is 0 Å². The molecule has 0 radical (unpaired) electrons. The summed E-state index contributed by atoms with van der Waals surface area (Å²) in [5.74, 6) is 0. The first-order chi connectivity index (χ1) is 13.1. The number of aromatic nitrogens is 1. The highest BCUT2D eigenvalue weighted by atomic mass is 32.1. The van der Waals surface area contributed by atoms with Crippen LogP contribution in [0.2, 0.25) is 0 Å². The Kier molecular flexibility index (Phi) is 6.82. The molecule has 0 saturated carbocycles. The smallest absolute Gasteiger partial charge is 0.253 e. The van der Waals surface area contributed by atoms with Crippen LogP contribution in [0.3, 0.4) is 0 Å². The molecule has 2 heterocycles. The molecule has 0 bridgehead atoms. The van der Waals surface area contributed by atoms with Crippen molar-refractivity contribution in [2.45, 2.75) is 38.8 Å². The summed E-state index contributed by atoms with van der Waals surface area (Å²) < 4.78 is 5.61. The van der Waals surface area contributed by atoms with Gasteiger partial charge in [0.1, 0.15) is 0 Å². The minimum atomic E-state index is -0.128. The molecule has 1 saturated heterocycles. The molecule has 2 aromatic rings. The van der Waals surface area contributed by atoms with Crippen LogP contribution in [0.5, 0.6) is 0 Å². The van der Waals surface area contributed by atoms with Gasteiger partial charge in [-0.1, -0.05) is 13.0 Å². The van der Waals surface area contributed by atoms with Crippen molar-refractivity contribution in [2.75, 3.05) is 26.3 Å². The number of aliphatic hydroxyl groups is 1. The van der Waals surface area contributed by atoms with Gasteiger partial charge in [-0.15, -0.1) is 0 Å². The SMILES string of the molecule is CCc1ccc2[nH]c(=O)c(CN(CCO)C(=S)NC[C@@H]3CCCO3)cc2c1. The molecule has 0 amide bonds. The number of pyridine rings is 1. The highest BCUT2D eigenvalue weighted by molar-refractivity contribution is 7.80. The molecule has 0 unspecified atom stereocenters. The number of aryl methyl sites for hydroxylation is 1. The molecule has 7 heteroatoms. The normalized spacial score (nSPS) is 16.6. The third kappa shape index (κ3) is 5.06. The number of thiocarbonyl (C=S) groups is 1. The summed E-state index contributed by atoms with van der Waals surface area (Å²) in [7, 11) is 0. The lowest BCUT2D eigenvalue weighted by molar-refractivity contribution is 0.113. The molecule has 1 aromatic carbocycles. The number of rotatable bonds is 7. The second-order valence-electron chi connectivity index (χ2n) is 6.87. The number of H-pyrrole nitrogens is 1. The topological polar surface area (TPSA) is 77.6 Å². The Hall–Kier alpha value is -1.96. The van der Waals surface area contributed by atoms with E-state index in [9.17, 15) is 9.90 Å². The quantitative estimate of drug-likeness (QED) is 0.628. The van der Waals surface area contributed by atoms with Gasteiger partial charge in [0.2, 0.25) is 0 Å². The van der Waals surface area contributed by atoms with Crippen molar-refractivity contribution in [2.24, 2.45) is 0 Å². The fourth-order valence-corrected chi connectivity index (χ4v) is 3.57. The first kappa shape index (κ1) is 19.8. The molecule has 0 spiro atoms. The molecule has 3 rings (SSSR count). The van der Waals surface area contributed by atoms with Gasteiger partial charge in [-0.25, -0.2) is 0 Å². The van der Waals surface area contributed by atoms with Crippen molar-refractivity contribution in [1.82, 2.24) is 15.2 Å². The van der Waals surface area contributed by atoms with Gasteiger partial charge >= 0.3 is 0 Å². The highest BCUT2D eigenvalue weighted by Gasteiger charge is 2.18. The van der Waals surface area contributed by atoms with Crippen LogP contribution < -0.4 is 10.9 Å². The van der Waals surface area contributed by atoms with Crippen LogP contribution in [0.4, 0.5) is 0 Å². The van der Waals surface area contributed by atoms with Crippen LogP contribution >= 0.6 is 12.2 Å². The maximum absolute atomic E-state index is 12.5. The number of nitrogens with one attached hydrogen (secondary N) is 2. The lowest BCUT2D eigenvalue weighted by Gasteiger charge is -2.26. The van der Waals surface area contributed by atoms with Gasteiger partial charge < -0.3 is 25.0 Å². The van der Waals surface area contributed by atoms with Crippen molar-refractivity contribution >= 4 is 28.2 Å². The van der Waals surface area contributed by atoms with Crippen molar-refractivity contribution < 1.29 is 9.84 Å². The van der Waals surface area contributed by atoms with E-state index < -0.39 is 0 Å². The number of ether oxygens (including phenoxy) is 1. The maximum Gasteiger partial charge on any atom is 0.253 e. The predicted molar refractivity (Wildman–Crippen MR) is 111 cm³/mol. The summed E-state index contributed by atoms with van der Waals surface area (Å²) in [6.07, 6.45) is 3.22. The van der Waals surface area contributed by atoms with Crippen molar-refractivity contribution in [3.63, 3.8) is 0 Å². The first-order valence-electron chi connectivity index (χ1n) is 9.50. The molecular weight excluding hydrogens is 362 g/mol. The third-order valence-corrected chi connectivity index (χ3v) is 5.32. The van der Waals surface area contributed by atoms with Crippen LogP contribution in [0.1, 0.15) is 30.9 Å². The van der Waals surface area contributed by atoms with E-state index in [-0.39, 0.29) is 18.3 Å². The van der Waals surface area contributed by atoms with Gasteiger partial charge in [-0.05, 0) is 60.6 Å². The Morgan fingerprint density at radius 1 is 1.44 bits per heavy atom. The fourth-order valence-electron chi connectivity index (χ4n) is 3.34. The third-order valence-electron chi connectivity index (χ3n) is 4.92. The lowest BCUT2D eigenvalue weighted by atomic mass is 10.1. The number of hydrogen-bond donors (Lipinski definition) is 3. The van der Waals surface area contributed by atoms with E-state index in [0.717, 1.165) is 36.8 Å². The summed E-state index contributed by atoms with van der Waals surface area (Å²) in [5.41, 5.74) is 2.55. The molecule has 146 valence electrons. The van der Waals surface area contributed by atoms with Gasteiger partial charge in [0.05, 0.1) is 19.3 Å². The monoisotopic (exact) mass is 389 g/mol. The first-order valence-corrected chi connectivity index (χ1v) is 9.91. The predicted octanol–water partition coefficient (Wildman–Crippen LogP) is 1.94. The molecule has 0 aliphatic carbocycles. The Bertz CT molecular complexity index is 846. The Morgan fingerprint density at radius 3 is 3.00 bits per heavy atom. The zero-order chi connectivity index (χ0) is 19.2. The summed E-state index contributed by atoms with van der Waals surface area (Å²) in [4.78, 5) is 17.3. The Labute approximate surface area is 164 Å². The second kappa shape index (κ2) is 9.30. The highest BCUT2D eigenvalue weighted by Crippen LogP contribution is 2.15. The van der Waals surface area contributed by atoms with Crippen LogP contribution in [0.15, 0.2) is 29.1 Å². The minimum absolute atomic E-state index is 0.0345. The fraction of sp³-hybridized carbons (Fsp3) is 0.500. The number of nitrogens with zero attached hydrogens (tertiary/aromatic N) is 1. The number of aliphatic hydroxyl groups excluding tert-OH is 1.